The summed E-state index contributed by atoms with van der Waals surface area (Å²) in [6.07, 6.45) is 2.33. The van der Waals surface area contributed by atoms with E-state index in [1.54, 1.807) is 7.11 Å². The Kier molecular flexibility index (Phi) is 4.20. The molecule has 0 saturated carbocycles. The maximum absolute atomic E-state index is 5.19. The Morgan fingerprint density at radius 1 is 1.53 bits per heavy atom. The van der Waals surface area contributed by atoms with Gasteiger partial charge in [-0.05, 0) is 25.5 Å². The van der Waals surface area contributed by atoms with E-state index in [1.807, 2.05) is 12.1 Å². The van der Waals surface area contributed by atoms with Gasteiger partial charge in [-0.25, -0.2) is 0 Å². The van der Waals surface area contributed by atoms with Crippen molar-refractivity contribution < 1.29 is 4.74 Å². The zero-order chi connectivity index (χ0) is 12.1. The predicted molar refractivity (Wildman–Crippen MR) is 69.7 cm³/mol. The topological polar surface area (TPSA) is 37.4 Å². The molecular weight excluding hydrogens is 214 g/mol. The molecule has 0 aliphatic carbocycles. The highest BCUT2D eigenvalue weighted by Gasteiger charge is 2.22. The number of hydrogen-bond acceptors (Lipinski definition) is 4. The van der Waals surface area contributed by atoms with Gasteiger partial charge in [0.1, 0.15) is 5.82 Å². The summed E-state index contributed by atoms with van der Waals surface area (Å²) >= 11 is 0. The number of nitrogens with zero attached hydrogens (tertiary/aromatic N) is 2. The van der Waals surface area contributed by atoms with Crippen molar-refractivity contribution in [3.8, 4) is 5.88 Å². The number of hydrogen-bond donors (Lipinski definition) is 1. The molecule has 0 aromatic carbocycles. The van der Waals surface area contributed by atoms with Crippen molar-refractivity contribution in [2.45, 2.75) is 25.8 Å². The molecule has 2 rings (SSSR count). The van der Waals surface area contributed by atoms with Crippen LogP contribution in [0.5, 0.6) is 5.88 Å². The molecule has 94 valence electrons. The van der Waals surface area contributed by atoms with Gasteiger partial charge in [-0.1, -0.05) is 13.0 Å². The largest absolute Gasteiger partial charge is 0.481 e. The summed E-state index contributed by atoms with van der Waals surface area (Å²) in [5, 5.41) is 3.41. The van der Waals surface area contributed by atoms with E-state index in [9.17, 15) is 0 Å². The number of methoxy groups -OCH3 is 1. The zero-order valence-electron chi connectivity index (χ0n) is 10.6. The Hall–Kier alpha value is -1.29. The van der Waals surface area contributed by atoms with Crippen molar-refractivity contribution in [1.82, 2.24) is 10.3 Å². The number of aromatic nitrogens is 1. The van der Waals surface area contributed by atoms with Crippen molar-refractivity contribution in [2.24, 2.45) is 0 Å². The zero-order valence-corrected chi connectivity index (χ0v) is 10.6. The van der Waals surface area contributed by atoms with Gasteiger partial charge in [-0.3, -0.25) is 0 Å². The fourth-order valence-corrected chi connectivity index (χ4v) is 2.31. The number of rotatable bonds is 5. The quantitative estimate of drug-likeness (QED) is 0.842. The summed E-state index contributed by atoms with van der Waals surface area (Å²) in [6, 6.07) is 6.53. The van der Waals surface area contributed by atoms with Crippen molar-refractivity contribution in [3.63, 3.8) is 0 Å². The Labute approximate surface area is 103 Å². The van der Waals surface area contributed by atoms with E-state index in [-0.39, 0.29) is 0 Å². The third-order valence-corrected chi connectivity index (χ3v) is 3.15. The highest BCUT2D eigenvalue weighted by Crippen LogP contribution is 2.20. The summed E-state index contributed by atoms with van der Waals surface area (Å²) in [4.78, 5) is 6.92. The van der Waals surface area contributed by atoms with Gasteiger partial charge < -0.3 is 15.0 Å². The lowest BCUT2D eigenvalue weighted by Crippen LogP contribution is -2.38. The van der Waals surface area contributed by atoms with Gasteiger partial charge in [0.2, 0.25) is 5.88 Å². The molecule has 1 aromatic heterocycles. The van der Waals surface area contributed by atoms with E-state index in [0.717, 1.165) is 31.9 Å². The van der Waals surface area contributed by atoms with Crippen molar-refractivity contribution >= 4 is 5.82 Å². The smallest absolute Gasteiger partial charge is 0.214 e. The first-order valence-corrected chi connectivity index (χ1v) is 6.33. The second kappa shape index (κ2) is 5.87. The maximum Gasteiger partial charge on any atom is 0.214 e. The monoisotopic (exact) mass is 235 g/mol. The van der Waals surface area contributed by atoms with Gasteiger partial charge in [-0.2, -0.15) is 4.98 Å². The SMILES string of the molecule is CCCN(c1cccc(OC)n1)C1CCNC1. The second-order valence-electron chi connectivity index (χ2n) is 4.38. The Balaban J connectivity index is 2.18. The maximum atomic E-state index is 5.19. The normalized spacial score (nSPS) is 19.3. The van der Waals surface area contributed by atoms with Crippen molar-refractivity contribution in [3.05, 3.63) is 18.2 Å². The molecule has 1 unspecified atom stereocenters. The molecular formula is C13H21N3O. The third kappa shape index (κ3) is 2.88. The number of nitrogens with one attached hydrogen (secondary N) is 1. The molecule has 1 fully saturated rings. The molecule has 1 aliphatic rings. The van der Waals surface area contributed by atoms with Gasteiger partial charge in [-0.15, -0.1) is 0 Å². The van der Waals surface area contributed by atoms with Gasteiger partial charge >= 0.3 is 0 Å². The van der Waals surface area contributed by atoms with E-state index < -0.39 is 0 Å². The average molecular weight is 235 g/mol. The molecule has 0 amide bonds. The van der Waals surface area contributed by atoms with Crippen LogP contribution in [0, 0.1) is 0 Å². The van der Waals surface area contributed by atoms with Crippen molar-refractivity contribution in [1.29, 1.82) is 0 Å². The standard InChI is InChI=1S/C13H21N3O/c1-3-9-16(11-7-8-14-10-11)12-5-4-6-13(15-12)17-2/h4-6,11,14H,3,7-10H2,1-2H3. The molecule has 1 aliphatic heterocycles. The van der Waals surface area contributed by atoms with Gasteiger partial charge in [0, 0.05) is 25.2 Å². The fourth-order valence-electron chi connectivity index (χ4n) is 2.31. The second-order valence-corrected chi connectivity index (χ2v) is 4.38. The molecule has 1 atom stereocenters. The summed E-state index contributed by atoms with van der Waals surface area (Å²) in [5.74, 6) is 1.72. The molecule has 2 heterocycles. The molecule has 1 N–H and O–H groups in total. The van der Waals surface area contributed by atoms with Crippen LogP contribution >= 0.6 is 0 Å². The van der Waals surface area contributed by atoms with Crippen LogP contribution in [0.4, 0.5) is 5.82 Å². The van der Waals surface area contributed by atoms with Gasteiger partial charge in [0.05, 0.1) is 7.11 Å². The fraction of sp³-hybridized carbons (Fsp3) is 0.615. The molecule has 4 nitrogen and oxygen atoms in total. The van der Waals surface area contributed by atoms with Crippen LogP contribution in [-0.2, 0) is 0 Å². The lowest BCUT2D eigenvalue weighted by atomic mass is 10.2. The van der Waals surface area contributed by atoms with E-state index in [1.165, 1.54) is 6.42 Å². The van der Waals surface area contributed by atoms with Crippen LogP contribution in [0.2, 0.25) is 0 Å². The first kappa shape index (κ1) is 12.2. The van der Waals surface area contributed by atoms with Crippen LogP contribution in [0.25, 0.3) is 0 Å². The summed E-state index contributed by atoms with van der Waals surface area (Å²) < 4.78 is 5.19. The summed E-state index contributed by atoms with van der Waals surface area (Å²) in [7, 11) is 1.66. The van der Waals surface area contributed by atoms with Gasteiger partial charge in [0.15, 0.2) is 0 Å². The molecule has 0 bridgehead atoms. The van der Waals surface area contributed by atoms with Crippen LogP contribution in [0.15, 0.2) is 18.2 Å². The number of pyridine rings is 1. The third-order valence-electron chi connectivity index (χ3n) is 3.15. The molecule has 4 heteroatoms. The van der Waals surface area contributed by atoms with E-state index in [0.29, 0.717) is 11.9 Å². The van der Waals surface area contributed by atoms with Crippen LogP contribution in [0.1, 0.15) is 19.8 Å². The minimum atomic E-state index is 0.564. The highest BCUT2D eigenvalue weighted by molar-refractivity contribution is 5.42. The van der Waals surface area contributed by atoms with Gasteiger partial charge in [0.25, 0.3) is 0 Å². The Morgan fingerprint density at radius 3 is 3.06 bits per heavy atom. The first-order valence-electron chi connectivity index (χ1n) is 6.33. The minimum Gasteiger partial charge on any atom is -0.481 e. The summed E-state index contributed by atoms with van der Waals surface area (Å²) in [5.41, 5.74) is 0. The highest BCUT2D eigenvalue weighted by atomic mass is 16.5. The van der Waals surface area contributed by atoms with Crippen molar-refractivity contribution in [2.75, 3.05) is 31.6 Å². The van der Waals surface area contributed by atoms with E-state index in [4.69, 9.17) is 4.74 Å². The van der Waals surface area contributed by atoms with Crippen LogP contribution in [0.3, 0.4) is 0 Å². The van der Waals surface area contributed by atoms with E-state index >= 15 is 0 Å². The predicted octanol–water partition coefficient (Wildman–Crippen LogP) is 1.67. The molecule has 17 heavy (non-hydrogen) atoms. The molecule has 1 aromatic rings. The minimum absolute atomic E-state index is 0.564. The van der Waals surface area contributed by atoms with Crippen LogP contribution < -0.4 is 15.0 Å². The lowest BCUT2D eigenvalue weighted by Gasteiger charge is -2.29. The Bertz CT molecular complexity index is 350. The summed E-state index contributed by atoms with van der Waals surface area (Å²) in [6.45, 7) is 5.41. The average Bonchev–Trinajstić information content (AvgIpc) is 2.89. The molecule has 1 saturated heterocycles. The number of anilines is 1. The number of ether oxygens (including phenoxy) is 1. The molecule has 0 radical (unpaired) electrons. The Morgan fingerprint density at radius 2 is 2.41 bits per heavy atom. The molecule has 0 spiro atoms. The van der Waals surface area contributed by atoms with Crippen LogP contribution in [-0.4, -0.2) is 37.8 Å². The lowest BCUT2D eigenvalue weighted by molar-refractivity contribution is 0.397. The van der Waals surface area contributed by atoms with E-state index in [2.05, 4.69) is 28.2 Å². The first-order chi connectivity index (χ1) is 8.35.